The fourth-order valence-corrected chi connectivity index (χ4v) is 4.98. The van der Waals surface area contributed by atoms with Gasteiger partial charge in [-0.05, 0) is 50.5 Å². The number of aromatic nitrogens is 2. The molecule has 0 spiro atoms. The molecule has 0 unspecified atom stereocenters. The van der Waals surface area contributed by atoms with E-state index in [2.05, 4.69) is 5.32 Å². The number of thioether (sulfide) groups is 1. The number of ether oxygens (including phenoxy) is 1. The maximum Gasteiger partial charge on any atom is 0.267 e. The fourth-order valence-electron chi connectivity index (χ4n) is 3.75. The number of anilines is 1. The molecule has 0 saturated carbocycles. The Hall–Kier alpha value is -3.01. The number of amides is 1. The van der Waals surface area contributed by atoms with E-state index < -0.39 is 0 Å². The summed E-state index contributed by atoms with van der Waals surface area (Å²) in [6.45, 7) is 8.13. The Labute approximate surface area is 214 Å². The average molecular weight is 509 g/mol. The number of fused-ring (bicyclic) bond motifs is 1. The molecule has 182 valence electrons. The maximum atomic E-state index is 13.5. The SMILES string of the molecule is CCOCCCNc1nc2c(C)cccn2c(=O)c1/C=C1\SC(=S)N(Cc2ccc(C)cc2)C1=O. The van der Waals surface area contributed by atoms with Crippen molar-refractivity contribution in [3.05, 3.63) is 80.1 Å². The van der Waals surface area contributed by atoms with Crippen molar-refractivity contribution in [3.8, 4) is 0 Å². The van der Waals surface area contributed by atoms with Gasteiger partial charge in [0.1, 0.15) is 15.8 Å². The largest absolute Gasteiger partial charge is 0.382 e. The maximum absolute atomic E-state index is 13.5. The molecule has 1 amide bonds. The van der Waals surface area contributed by atoms with Gasteiger partial charge < -0.3 is 10.1 Å². The molecule has 35 heavy (non-hydrogen) atoms. The molecule has 3 heterocycles. The van der Waals surface area contributed by atoms with Crippen molar-refractivity contribution in [2.75, 3.05) is 25.1 Å². The van der Waals surface area contributed by atoms with Crippen LogP contribution in [-0.2, 0) is 16.1 Å². The number of pyridine rings is 1. The Kier molecular flexibility index (Phi) is 8.00. The number of aryl methyl sites for hydroxylation is 2. The van der Waals surface area contributed by atoms with Gasteiger partial charge in [0.15, 0.2) is 0 Å². The van der Waals surface area contributed by atoms with Gasteiger partial charge in [-0.15, -0.1) is 0 Å². The summed E-state index contributed by atoms with van der Waals surface area (Å²) in [5.41, 5.74) is 3.70. The highest BCUT2D eigenvalue weighted by Gasteiger charge is 2.32. The lowest BCUT2D eigenvalue weighted by Crippen LogP contribution is -2.27. The summed E-state index contributed by atoms with van der Waals surface area (Å²) < 4.78 is 7.39. The van der Waals surface area contributed by atoms with Gasteiger partial charge in [0, 0.05) is 26.0 Å². The van der Waals surface area contributed by atoms with E-state index in [0.717, 1.165) is 23.1 Å². The minimum atomic E-state index is -0.241. The summed E-state index contributed by atoms with van der Waals surface area (Å²) in [4.78, 5) is 33.4. The fraction of sp³-hybridized carbons (Fsp3) is 0.308. The first kappa shape index (κ1) is 25.1. The molecule has 2 aromatic heterocycles. The van der Waals surface area contributed by atoms with Gasteiger partial charge >= 0.3 is 0 Å². The molecule has 0 radical (unpaired) electrons. The third-order valence-electron chi connectivity index (χ3n) is 5.66. The normalized spacial score (nSPS) is 14.9. The molecule has 1 fully saturated rings. The number of hydrogen-bond acceptors (Lipinski definition) is 7. The first-order chi connectivity index (χ1) is 16.9. The number of hydrogen-bond donors (Lipinski definition) is 1. The molecule has 0 atom stereocenters. The van der Waals surface area contributed by atoms with E-state index in [1.54, 1.807) is 17.2 Å². The van der Waals surface area contributed by atoms with E-state index in [9.17, 15) is 9.59 Å². The Bertz CT molecular complexity index is 1350. The van der Waals surface area contributed by atoms with Crippen molar-refractivity contribution in [1.82, 2.24) is 14.3 Å². The molecule has 1 aliphatic rings. The van der Waals surface area contributed by atoms with Crippen LogP contribution in [0.3, 0.4) is 0 Å². The predicted molar refractivity (Wildman–Crippen MR) is 146 cm³/mol. The summed E-state index contributed by atoms with van der Waals surface area (Å²) in [6, 6.07) is 11.7. The molecule has 1 N–H and O–H groups in total. The summed E-state index contributed by atoms with van der Waals surface area (Å²) in [5.74, 6) is 0.237. The van der Waals surface area contributed by atoms with Crippen LogP contribution in [0.15, 0.2) is 52.3 Å². The van der Waals surface area contributed by atoms with Gasteiger partial charge in [-0.1, -0.05) is 59.9 Å². The van der Waals surface area contributed by atoms with Gasteiger partial charge in [0.05, 0.1) is 17.0 Å². The second-order valence-corrected chi connectivity index (χ2v) is 9.97. The molecule has 0 bridgehead atoms. The van der Waals surface area contributed by atoms with Crippen LogP contribution in [0.2, 0.25) is 0 Å². The zero-order valence-corrected chi connectivity index (χ0v) is 21.7. The van der Waals surface area contributed by atoms with Gasteiger partial charge in [-0.3, -0.25) is 18.9 Å². The number of nitrogens with one attached hydrogen (secondary N) is 1. The molecule has 1 saturated heterocycles. The molecule has 1 aliphatic heterocycles. The Morgan fingerprint density at radius 2 is 1.94 bits per heavy atom. The minimum Gasteiger partial charge on any atom is -0.382 e. The summed E-state index contributed by atoms with van der Waals surface area (Å²) >= 11 is 6.71. The lowest BCUT2D eigenvalue weighted by Gasteiger charge is -2.14. The number of nitrogens with zero attached hydrogens (tertiary/aromatic N) is 3. The van der Waals surface area contributed by atoms with Crippen LogP contribution < -0.4 is 10.9 Å². The van der Waals surface area contributed by atoms with Gasteiger partial charge in [0.25, 0.3) is 11.5 Å². The smallest absolute Gasteiger partial charge is 0.267 e. The molecule has 3 aromatic rings. The van der Waals surface area contributed by atoms with E-state index in [4.69, 9.17) is 21.9 Å². The van der Waals surface area contributed by atoms with E-state index in [1.165, 1.54) is 16.2 Å². The number of carbonyl (C=O) groups is 1. The third kappa shape index (κ3) is 5.63. The number of rotatable bonds is 9. The summed E-state index contributed by atoms with van der Waals surface area (Å²) in [6.07, 6.45) is 4.07. The minimum absolute atomic E-state index is 0.211. The van der Waals surface area contributed by atoms with Crippen LogP contribution >= 0.6 is 24.0 Å². The van der Waals surface area contributed by atoms with E-state index >= 15 is 0 Å². The monoisotopic (exact) mass is 508 g/mol. The molecule has 4 rings (SSSR count). The Morgan fingerprint density at radius 3 is 2.69 bits per heavy atom. The van der Waals surface area contributed by atoms with E-state index in [-0.39, 0.29) is 11.5 Å². The van der Waals surface area contributed by atoms with Crippen LogP contribution in [-0.4, -0.2) is 44.3 Å². The lowest BCUT2D eigenvalue weighted by atomic mass is 10.1. The molecular formula is C26H28N4O3S2. The highest BCUT2D eigenvalue weighted by molar-refractivity contribution is 8.26. The number of carbonyl (C=O) groups excluding carboxylic acids is 1. The topological polar surface area (TPSA) is 75.9 Å². The number of thiocarbonyl (C=S) groups is 1. The molecule has 7 nitrogen and oxygen atoms in total. The van der Waals surface area contributed by atoms with Gasteiger partial charge in [-0.2, -0.15) is 0 Å². The quantitative estimate of drug-likeness (QED) is 0.258. The van der Waals surface area contributed by atoms with Crippen molar-refractivity contribution in [1.29, 1.82) is 0 Å². The van der Waals surface area contributed by atoms with Crippen molar-refractivity contribution in [2.24, 2.45) is 0 Å². The molecule has 1 aromatic carbocycles. The lowest BCUT2D eigenvalue weighted by molar-refractivity contribution is -0.122. The number of benzene rings is 1. The third-order valence-corrected chi connectivity index (χ3v) is 7.03. The molecular weight excluding hydrogens is 480 g/mol. The second kappa shape index (κ2) is 11.2. The van der Waals surface area contributed by atoms with Crippen LogP contribution in [0.1, 0.15) is 35.6 Å². The van der Waals surface area contributed by atoms with Gasteiger partial charge in [0.2, 0.25) is 0 Å². The highest BCUT2D eigenvalue weighted by Crippen LogP contribution is 2.34. The summed E-state index contributed by atoms with van der Waals surface area (Å²) in [7, 11) is 0. The van der Waals surface area contributed by atoms with Crippen molar-refractivity contribution in [3.63, 3.8) is 0 Å². The highest BCUT2D eigenvalue weighted by atomic mass is 32.2. The molecule has 0 aliphatic carbocycles. The van der Waals surface area contributed by atoms with E-state index in [0.29, 0.717) is 52.6 Å². The standard InChI is InChI=1S/C26H28N4O3S2/c1-4-33-14-6-12-27-22-20(24(31)29-13-5-7-18(3)23(29)28-22)15-21-25(32)30(26(34)35-21)16-19-10-8-17(2)9-11-19/h5,7-11,13,15,27H,4,6,12,14,16H2,1-3H3/b21-15-. The zero-order chi connectivity index (χ0) is 24.9. The Balaban J connectivity index is 1.67. The first-order valence-corrected chi connectivity index (χ1v) is 12.8. The van der Waals surface area contributed by atoms with Gasteiger partial charge in [-0.25, -0.2) is 4.98 Å². The van der Waals surface area contributed by atoms with Crippen LogP contribution in [0.4, 0.5) is 5.82 Å². The second-order valence-electron chi connectivity index (χ2n) is 8.29. The first-order valence-electron chi connectivity index (χ1n) is 11.5. The predicted octanol–water partition coefficient (Wildman–Crippen LogP) is 4.55. The van der Waals surface area contributed by atoms with Crippen molar-refractivity contribution < 1.29 is 9.53 Å². The van der Waals surface area contributed by atoms with Crippen molar-refractivity contribution >= 4 is 51.7 Å². The van der Waals surface area contributed by atoms with Crippen LogP contribution in [0.5, 0.6) is 0 Å². The average Bonchev–Trinajstić information content (AvgIpc) is 3.10. The van der Waals surface area contributed by atoms with Crippen molar-refractivity contribution in [2.45, 2.75) is 33.7 Å². The van der Waals surface area contributed by atoms with E-state index in [1.807, 2.05) is 57.2 Å². The summed E-state index contributed by atoms with van der Waals surface area (Å²) in [5, 5.41) is 3.27. The molecule has 9 heteroatoms. The van der Waals surface area contributed by atoms with Crippen LogP contribution in [0, 0.1) is 13.8 Å². The zero-order valence-electron chi connectivity index (χ0n) is 20.0. The Morgan fingerprint density at radius 1 is 1.17 bits per heavy atom. The van der Waals surface area contributed by atoms with Crippen LogP contribution in [0.25, 0.3) is 11.7 Å².